The molecule has 30 heavy (non-hydrogen) atoms. The summed E-state index contributed by atoms with van der Waals surface area (Å²) in [5.74, 6) is -0.820. The Balaban J connectivity index is 2.38. The summed E-state index contributed by atoms with van der Waals surface area (Å²) >= 11 is 0. The van der Waals surface area contributed by atoms with E-state index in [2.05, 4.69) is 25.6 Å². The van der Waals surface area contributed by atoms with E-state index in [0.29, 0.717) is 12.8 Å². The van der Waals surface area contributed by atoms with Crippen molar-refractivity contribution in [3.63, 3.8) is 0 Å². The van der Waals surface area contributed by atoms with Crippen LogP contribution in [0.15, 0.2) is 24.3 Å². The van der Waals surface area contributed by atoms with Crippen LogP contribution in [0.2, 0.25) is 18.1 Å². The number of carbonyl (C=O) groups is 1. The van der Waals surface area contributed by atoms with E-state index in [9.17, 15) is 28.6 Å². The van der Waals surface area contributed by atoms with E-state index < -0.39 is 43.3 Å². The van der Waals surface area contributed by atoms with Gasteiger partial charge >= 0.3 is 11.9 Å². The Hall–Kier alpha value is -1.80. The predicted molar refractivity (Wildman–Crippen MR) is 110 cm³/mol. The summed E-state index contributed by atoms with van der Waals surface area (Å²) in [5.41, 5.74) is 6.32. The molecule has 2 atom stereocenters. The quantitative estimate of drug-likeness (QED) is 0.222. The van der Waals surface area contributed by atoms with Crippen LogP contribution < -0.4 is 0 Å². The van der Waals surface area contributed by atoms with Crippen molar-refractivity contribution < 1.29 is 32.3 Å². The van der Waals surface area contributed by atoms with Crippen molar-refractivity contribution in [3.8, 4) is 0 Å². The molecule has 1 N–H and O–H groups in total. The van der Waals surface area contributed by atoms with Crippen molar-refractivity contribution >= 4 is 19.8 Å². The first-order valence-electron chi connectivity index (χ1n) is 9.98. The minimum atomic E-state index is -4.53. The van der Waals surface area contributed by atoms with Crippen molar-refractivity contribution in [2.24, 2.45) is 0 Å². The minimum absolute atomic E-state index is 0.0964. The number of halogens is 3. The van der Waals surface area contributed by atoms with Crippen molar-refractivity contribution in [2.75, 3.05) is 0 Å². The van der Waals surface area contributed by atoms with E-state index in [1.54, 1.807) is 0 Å². The molecule has 0 amide bonds. The van der Waals surface area contributed by atoms with Gasteiger partial charge in [0.2, 0.25) is 0 Å². The van der Waals surface area contributed by atoms with Gasteiger partial charge in [-0.05, 0) is 49.5 Å². The van der Waals surface area contributed by atoms with Gasteiger partial charge in [0, 0.05) is 5.56 Å². The lowest BCUT2D eigenvalue weighted by Crippen LogP contribution is -2.59. The Kier molecular flexibility index (Phi) is 6.83. The fourth-order valence-electron chi connectivity index (χ4n) is 3.36. The average molecular weight is 443 g/mol. The van der Waals surface area contributed by atoms with E-state index in [1.165, 1.54) is 0 Å². The van der Waals surface area contributed by atoms with Gasteiger partial charge in [-0.15, -0.1) is 0 Å². The number of hydrogen-bond donors (Lipinski definition) is 1. The maximum absolute atomic E-state index is 13.0. The van der Waals surface area contributed by atoms with Crippen molar-refractivity contribution in [1.29, 1.82) is 0 Å². The molecule has 1 aromatic rings. The van der Waals surface area contributed by atoms with E-state index >= 15 is 0 Å². The van der Waals surface area contributed by atoms with Crippen LogP contribution in [-0.2, 0) is 10.6 Å². The zero-order valence-corrected chi connectivity index (χ0v) is 19.0. The first-order valence-corrected chi connectivity index (χ1v) is 12.9. The Morgan fingerprint density at radius 1 is 1.20 bits per heavy atom. The second-order valence-corrected chi connectivity index (χ2v) is 14.1. The van der Waals surface area contributed by atoms with Crippen LogP contribution in [0.4, 0.5) is 13.2 Å². The molecule has 1 fully saturated rings. The molecule has 5 nitrogen and oxygen atoms in total. The van der Waals surface area contributed by atoms with Gasteiger partial charge in [0.05, 0.1) is 11.7 Å². The lowest BCUT2D eigenvalue weighted by Gasteiger charge is -2.44. The van der Waals surface area contributed by atoms with Crippen LogP contribution in [0.25, 0.3) is 5.53 Å². The van der Waals surface area contributed by atoms with Gasteiger partial charge in [-0.25, -0.2) is 0 Å². The molecule has 0 heterocycles. The molecule has 0 aliphatic heterocycles. The summed E-state index contributed by atoms with van der Waals surface area (Å²) in [6.45, 7) is 10.2. The summed E-state index contributed by atoms with van der Waals surface area (Å²) < 4.78 is 44.8. The summed E-state index contributed by atoms with van der Waals surface area (Å²) in [7, 11) is -2.32. The summed E-state index contributed by atoms with van der Waals surface area (Å²) in [5, 5.41) is 11.3. The largest absolute Gasteiger partial charge is 0.416 e. The third-order valence-corrected chi connectivity index (χ3v) is 10.7. The van der Waals surface area contributed by atoms with Gasteiger partial charge in [0.25, 0.3) is 5.78 Å². The van der Waals surface area contributed by atoms with E-state index in [1.807, 2.05) is 13.1 Å². The molecule has 1 aromatic carbocycles. The Bertz CT molecular complexity index is 841. The van der Waals surface area contributed by atoms with Gasteiger partial charge in [-0.3, -0.25) is 4.79 Å². The van der Waals surface area contributed by atoms with Gasteiger partial charge in [0.15, 0.2) is 13.9 Å². The predicted octanol–water partition coefficient (Wildman–Crippen LogP) is 5.25. The second-order valence-electron chi connectivity index (χ2n) is 9.39. The molecule has 0 unspecified atom stereocenters. The molecule has 1 saturated carbocycles. The summed E-state index contributed by atoms with van der Waals surface area (Å²) in [4.78, 5) is 16.1. The topological polar surface area (TPSA) is 82.9 Å². The first kappa shape index (κ1) is 24.5. The fraction of sp³-hybridized carbons (Fsp3) is 0.619. The number of aliphatic hydroxyl groups is 1. The SMILES string of the molecule is CC(C)(C)[Si](C)(C)O[C@H]1CCCC[C@]1(O)C(=[N+]=[N-])C(=O)c1ccc(C(F)(F)F)cc1. The number of rotatable bonds is 5. The minimum Gasteiger partial charge on any atom is -0.410 e. The molecule has 9 heteroatoms. The summed E-state index contributed by atoms with van der Waals surface area (Å²) in [6.07, 6.45) is -3.22. The number of carbonyl (C=O) groups excluding carboxylic acids is 1. The van der Waals surface area contributed by atoms with Crippen molar-refractivity contribution in [2.45, 2.75) is 82.5 Å². The standard InChI is InChI=1S/C21H29F3N2O3Si/c1-19(2,3)30(4,5)29-16-8-6-7-13-20(16,28)18(26-25)17(27)14-9-11-15(12-10-14)21(22,23)24/h9-12,16,28H,6-8,13H2,1-5H3/t16-,20+/m0/s1. The van der Waals surface area contributed by atoms with E-state index in [4.69, 9.17) is 4.43 Å². The molecule has 0 spiro atoms. The molecular formula is C21H29F3N2O3Si. The Labute approximate surface area is 176 Å². The number of Topliss-reactive ketones (excluding diaryl/α,β-unsaturated/α-hetero) is 1. The van der Waals surface area contributed by atoms with Gasteiger partial charge in [-0.1, -0.05) is 39.3 Å². The van der Waals surface area contributed by atoms with E-state index in [0.717, 1.165) is 30.7 Å². The van der Waals surface area contributed by atoms with Crippen LogP contribution in [-0.4, -0.2) is 41.4 Å². The lowest BCUT2D eigenvalue weighted by molar-refractivity contribution is -0.137. The zero-order chi connectivity index (χ0) is 23.0. The highest BCUT2D eigenvalue weighted by molar-refractivity contribution is 6.74. The molecule has 0 radical (unpaired) electrons. The number of nitrogens with zero attached hydrogens (tertiary/aromatic N) is 2. The molecule has 166 valence electrons. The highest BCUT2D eigenvalue weighted by atomic mass is 28.4. The Morgan fingerprint density at radius 2 is 1.77 bits per heavy atom. The maximum Gasteiger partial charge on any atom is 0.416 e. The molecule has 0 bridgehead atoms. The molecule has 0 saturated heterocycles. The maximum atomic E-state index is 13.0. The number of hydrogen-bond acceptors (Lipinski definition) is 3. The fourth-order valence-corrected chi connectivity index (χ4v) is 4.74. The van der Waals surface area contributed by atoms with Crippen LogP contribution in [0.3, 0.4) is 0 Å². The average Bonchev–Trinajstić information content (AvgIpc) is 2.62. The highest BCUT2D eigenvalue weighted by Gasteiger charge is 2.55. The van der Waals surface area contributed by atoms with E-state index in [-0.39, 0.29) is 17.0 Å². The molecule has 1 aliphatic carbocycles. The highest BCUT2D eigenvalue weighted by Crippen LogP contribution is 2.42. The Morgan fingerprint density at radius 3 is 2.23 bits per heavy atom. The van der Waals surface area contributed by atoms with Gasteiger partial charge < -0.3 is 15.1 Å². The first-order chi connectivity index (χ1) is 13.6. The third-order valence-electron chi connectivity index (χ3n) is 6.25. The number of alkyl halides is 3. The molecule has 0 aromatic heterocycles. The normalized spacial score (nSPS) is 23.0. The van der Waals surface area contributed by atoms with Gasteiger partial charge in [0.1, 0.15) is 0 Å². The van der Waals surface area contributed by atoms with Gasteiger partial charge in [-0.2, -0.15) is 18.0 Å². The van der Waals surface area contributed by atoms with Crippen LogP contribution >= 0.6 is 0 Å². The van der Waals surface area contributed by atoms with Crippen LogP contribution in [0, 0.1) is 0 Å². The summed E-state index contributed by atoms with van der Waals surface area (Å²) in [6, 6.07) is 3.62. The van der Waals surface area contributed by atoms with Crippen molar-refractivity contribution in [1.82, 2.24) is 0 Å². The molecular weight excluding hydrogens is 413 g/mol. The smallest absolute Gasteiger partial charge is 0.410 e. The van der Waals surface area contributed by atoms with Crippen LogP contribution in [0.1, 0.15) is 62.4 Å². The zero-order valence-electron chi connectivity index (χ0n) is 18.0. The second kappa shape index (κ2) is 8.38. The number of benzene rings is 1. The van der Waals surface area contributed by atoms with Crippen LogP contribution in [0.5, 0.6) is 0 Å². The number of ketones is 1. The molecule has 1 aliphatic rings. The van der Waals surface area contributed by atoms with Crippen molar-refractivity contribution in [3.05, 3.63) is 40.9 Å². The molecule has 2 rings (SSSR count). The third kappa shape index (κ3) is 4.91. The monoisotopic (exact) mass is 442 g/mol. The lowest BCUT2D eigenvalue weighted by atomic mass is 9.76.